The summed E-state index contributed by atoms with van der Waals surface area (Å²) in [6.07, 6.45) is 0.937. The first kappa shape index (κ1) is 10.8. The molecule has 2 heteroatoms. The molecular formula is C13H11BrS. The van der Waals surface area contributed by atoms with E-state index < -0.39 is 0 Å². The molecule has 0 saturated heterocycles. The Balaban J connectivity index is 2.22. The van der Waals surface area contributed by atoms with Gasteiger partial charge >= 0.3 is 0 Å². The summed E-state index contributed by atoms with van der Waals surface area (Å²) < 4.78 is 1.12. The molecule has 2 rings (SSSR count). The molecule has 2 aromatic rings. The van der Waals surface area contributed by atoms with Gasteiger partial charge in [-0.1, -0.05) is 46.3 Å². The van der Waals surface area contributed by atoms with Crippen LogP contribution in [0.3, 0.4) is 0 Å². The molecule has 0 N–H and O–H groups in total. The SMILES string of the molecule is Sc1ccccc1Cc1ccc(Br)cc1. The predicted molar refractivity (Wildman–Crippen MR) is 70.6 cm³/mol. The largest absolute Gasteiger partial charge is 0.143 e. The molecule has 0 bridgehead atoms. The second kappa shape index (κ2) is 4.86. The smallest absolute Gasteiger partial charge is 0.0175 e. The molecule has 0 aliphatic rings. The van der Waals surface area contributed by atoms with Crippen LogP contribution in [0.1, 0.15) is 11.1 Å². The highest BCUT2D eigenvalue weighted by atomic mass is 79.9. The summed E-state index contributed by atoms with van der Waals surface area (Å²) in [5.41, 5.74) is 2.57. The predicted octanol–water partition coefficient (Wildman–Crippen LogP) is 4.33. The Morgan fingerprint density at radius 1 is 0.933 bits per heavy atom. The van der Waals surface area contributed by atoms with Crippen LogP contribution < -0.4 is 0 Å². The molecule has 0 aromatic heterocycles. The van der Waals surface area contributed by atoms with Gasteiger partial charge in [0.15, 0.2) is 0 Å². The van der Waals surface area contributed by atoms with E-state index >= 15 is 0 Å². The minimum atomic E-state index is 0.937. The summed E-state index contributed by atoms with van der Waals surface area (Å²) in [4.78, 5) is 1.06. The maximum Gasteiger partial charge on any atom is 0.0175 e. The zero-order valence-electron chi connectivity index (χ0n) is 8.15. The number of hydrogen-bond acceptors (Lipinski definition) is 1. The molecule has 0 saturated carbocycles. The highest BCUT2D eigenvalue weighted by Crippen LogP contribution is 2.18. The molecule has 0 unspecified atom stereocenters. The monoisotopic (exact) mass is 278 g/mol. The number of rotatable bonds is 2. The summed E-state index contributed by atoms with van der Waals surface area (Å²) in [6.45, 7) is 0. The lowest BCUT2D eigenvalue weighted by molar-refractivity contribution is 1.13. The number of thiol groups is 1. The van der Waals surface area contributed by atoms with Crippen molar-refractivity contribution < 1.29 is 0 Å². The van der Waals surface area contributed by atoms with Crippen LogP contribution in [0.4, 0.5) is 0 Å². The topological polar surface area (TPSA) is 0 Å². The van der Waals surface area contributed by atoms with E-state index in [2.05, 4.69) is 58.9 Å². The van der Waals surface area contributed by atoms with Crippen molar-refractivity contribution in [2.45, 2.75) is 11.3 Å². The Morgan fingerprint density at radius 2 is 1.60 bits per heavy atom. The van der Waals surface area contributed by atoms with Gasteiger partial charge in [0.1, 0.15) is 0 Å². The molecule has 76 valence electrons. The highest BCUT2D eigenvalue weighted by Gasteiger charge is 1.99. The molecule has 0 fully saturated rings. The fourth-order valence-corrected chi connectivity index (χ4v) is 1.99. The van der Waals surface area contributed by atoms with E-state index in [-0.39, 0.29) is 0 Å². The van der Waals surface area contributed by atoms with Crippen LogP contribution in [0.25, 0.3) is 0 Å². The van der Waals surface area contributed by atoms with Crippen LogP contribution >= 0.6 is 28.6 Å². The van der Waals surface area contributed by atoms with Crippen molar-refractivity contribution in [2.75, 3.05) is 0 Å². The molecule has 0 atom stereocenters. The minimum Gasteiger partial charge on any atom is -0.143 e. The summed E-state index contributed by atoms with van der Waals surface area (Å²) in [5, 5.41) is 0. The summed E-state index contributed by atoms with van der Waals surface area (Å²) >= 11 is 7.87. The second-order valence-electron chi connectivity index (χ2n) is 3.43. The third-order valence-corrected chi connectivity index (χ3v) is 3.26. The van der Waals surface area contributed by atoms with Crippen LogP contribution in [0.5, 0.6) is 0 Å². The van der Waals surface area contributed by atoms with Crippen LogP contribution in [0.15, 0.2) is 57.9 Å². The first-order chi connectivity index (χ1) is 7.25. The lowest BCUT2D eigenvalue weighted by Crippen LogP contribution is -1.88. The zero-order valence-corrected chi connectivity index (χ0v) is 10.6. The Hall–Kier alpha value is -0.730. The molecule has 0 amide bonds. The van der Waals surface area contributed by atoms with Crippen molar-refractivity contribution in [3.05, 3.63) is 64.1 Å². The lowest BCUT2D eigenvalue weighted by atomic mass is 10.1. The van der Waals surface area contributed by atoms with Gasteiger partial charge in [0, 0.05) is 9.37 Å². The molecule has 2 aromatic carbocycles. The van der Waals surface area contributed by atoms with E-state index in [1.54, 1.807) is 0 Å². The van der Waals surface area contributed by atoms with E-state index in [9.17, 15) is 0 Å². The van der Waals surface area contributed by atoms with E-state index in [1.165, 1.54) is 11.1 Å². The van der Waals surface area contributed by atoms with E-state index in [0.29, 0.717) is 0 Å². The molecular weight excluding hydrogens is 268 g/mol. The van der Waals surface area contributed by atoms with Gasteiger partial charge in [0.2, 0.25) is 0 Å². The molecule has 0 radical (unpaired) electrons. The van der Waals surface area contributed by atoms with Crippen molar-refractivity contribution in [1.82, 2.24) is 0 Å². The number of halogens is 1. The summed E-state index contributed by atoms with van der Waals surface area (Å²) in [6, 6.07) is 16.6. The first-order valence-corrected chi connectivity index (χ1v) is 6.01. The van der Waals surface area contributed by atoms with Gasteiger partial charge in [-0.2, -0.15) is 0 Å². The average Bonchev–Trinajstić information content (AvgIpc) is 2.25. The average molecular weight is 279 g/mol. The van der Waals surface area contributed by atoms with Crippen molar-refractivity contribution in [1.29, 1.82) is 0 Å². The van der Waals surface area contributed by atoms with Crippen LogP contribution in [0.2, 0.25) is 0 Å². The third-order valence-electron chi connectivity index (χ3n) is 2.30. The standard InChI is InChI=1S/C13H11BrS/c14-12-7-5-10(6-8-12)9-11-3-1-2-4-13(11)15/h1-8,15H,9H2. The molecule has 15 heavy (non-hydrogen) atoms. The normalized spacial score (nSPS) is 10.3. The molecule has 0 aliphatic heterocycles. The molecule has 0 nitrogen and oxygen atoms in total. The van der Waals surface area contributed by atoms with E-state index in [0.717, 1.165) is 15.8 Å². The van der Waals surface area contributed by atoms with Gasteiger partial charge in [-0.25, -0.2) is 0 Å². The fraction of sp³-hybridized carbons (Fsp3) is 0.0769. The van der Waals surface area contributed by atoms with E-state index in [1.807, 2.05) is 18.2 Å². The third kappa shape index (κ3) is 2.86. The van der Waals surface area contributed by atoms with Crippen molar-refractivity contribution in [3.63, 3.8) is 0 Å². The lowest BCUT2D eigenvalue weighted by Gasteiger charge is -2.04. The maximum atomic E-state index is 4.44. The maximum absolute atomic E-state index is 4.44. The van der Waals surface area contributed by atoms with Crippen LogP contribution in [-0.4, -0.2) is 0 Å². The Labute approximate surface area is 104 Å². The van der Waals surface area contributed by atoms with Crippen molar-refractivity contribution in [3.8, 4) is 0 Å². The minimum absolute atomic E-state index is 0.937. The molecule has 0 spiro atoms. The quantitative estimate of drug-likeness (QED) is 0.777. The fourth-order valence-electron chi connectivity index (χ4n) is 1.48. The van der Waals surface area contributed by atoms with Gasteiger partial charge in [-0.3, -0.25) is 0 Å². The summed E-state index contributed by atoms with van der Waals surface area (Å²) in [7, 11) is 0. The summed E-state index contributed by atoms with van der Waals surface area (Å²) in [5.74, 6) is 0. The van der Waals surface area contributed by atoms with Gasteiger partial charge in [0.25, 0.3) is 0 Å². The number of hydrogen-bond donors (Lipinski definition) is 1. The second-order valence-corrected chi connectivity index (χ2v) is 4.83. The Kier molecular flexibility index (Phi) is 3.49. The zero-order chi connectivity index (χ0) is 10.7. The Morgan fingerprint density at radius 3 is 2.27 bits per heavy atom. The molecule has 0 aliphatic carbocycles. The van der Waals surface area contributed by atoms with Gasteiger partial charge in [-0.05, 0) is 35.7 Å². The van der Waals surface area contributed by atoms with Gasteiger partial charge < -0.3 is 0 Å². The van der Waals surface area contributed by atoms with Crippen molar-refractivity contribution >= 4 is 28.6 Å². The molecule has 0 heterocycles. The first-order valence-electron chi connectivity index (χ1n) is 4.77. The van der Waals surface area contributed by atoms with Gasteiger partial charge in [-0.15, -0.1) is 12.6 Å². The number of benzene rings is 2. The Bertz CT molecular complexity index is 448. The van der Waals surface area contributed by atoms with Crippen LogP contribution in [-0.2, 0) is 6.42 Å². The van der Waals surface area contributed by atoms with Crippen molar-refractivity contribution in [2.24, 2.45) is 0 Å². The van der Waals surface area contributed by atoms with E-state index in [4.69, 9.17) is 0 Å². The highest BCUT2D eigenvalue weighted by molar-refractivity contribution is 9.10. The van der Waals surface area contributed by atoms with Crippen LogP contribution in [0, 0.1) is 0 Å². The van der Waals surface area contributed by atoms with Gasteiger partial charge in [0.05, 0.1) is 0 Å².